The van der Waals surface area contributed by atoms with Crippen molar-refractivity contribution in [3.05, 3.63) is 18.0 Å². The van der Waals surface area contributed by atoms with Gasteiger partial charge in [0.25, 0.3) is 0 Å². The van der Waals surface area contributed by atoms with E-state index in [0.717, 1.165) is 5.56 Å². The molecule has 17 heavy (non-hydrogen) atoms. The van der Waals surface area contributed by atoms with E-state index in [-0.39, 0.29) is 23.5 Å². The molecule has 0 amide bonds. The Bertz CT molecular complexity index is 493. The fourth-order valence-corrected chi connectivity index (χ4v) is 4.04. The molecule has 1 aliphatic heterocycles. The average molecular weight is 257 g/mol. The van der Waals surface area contributed by atoms with Crippen molar-refractivity contribution >= 4 is 9.84 Å². The van der Waals surface area contributed by atoms with E-state index in [9.17, 15) is 8.42 Å². The Labute approximate surface area is 102 Å². The highest BCUT2D eigenvalue weighted by Crippen LogP contribution is 2.29. The van der Waals surface area contributed by atoms with Gasteiger partial charge in [-0.15, -0.1) is 0 Å². The third kappa shape index (κ3) is 2.69. The highest BCUT2D eigenvalue weighted by Gasteiger charge is 2.33. The van der Waals surface area contributed by atoms with Crippen LogP contribution in [0.3, 0.4) is 0 Å². The maximum Gasteiger partial charge on any atom is 0.150 e. The molecule has 0 aliphatic carbocycles. The largest absolute Gasteiger partial charge is 0.324 e. The van der Waals surface area contributed by atoms with Crippen LogP contribution >= 0.6 is 0 Å². The molecule has 0 saturated carbocycles. The Morgan fingerprint density at radius 3 is 2.71 bits per heavy atom. The van der Waals surface area contributed by atoms with E-state index in [1.165, 1.54) is 0 Å². The Hall–Kier alpha value is -0.880. The number of nitrogens with two attached hydrogens (primary N) is 1. The second-order valence-electron chi connectivity index (χ2n) is 5.04. The van der Waals surface area contributed by atoms with Crippen molar-refractivity contribution in [2.75, 3.05) is 11.5 Å². The molecule has 2 atom stereocenters. The number of aromatic nitrogens is 2. The van der Waals surface area contributed by atoms with Crippen molar-refractivity contribution in [3.63, 3.8) is 0 Å². The van der Waals surface area contributed by atoms with Gasteiger partial charge in [0.15, 0.2) is 9.84 Å². The molecule has 1 saturated heterocycles. The normalized spacial score (nSPS) is 25.3. The predicted octanol–water partition coefficient (Wildman–Crippen LogP) is 0.898. The van der Waals surface area contributed by atoms with Crippen molar-refractivity contribution < 1.29 is 8.42 Å². The van der Waals surface area contributed by atoms with Gasteiger partial charge in [-0.05, 0) is 26.2 Å². The summed E-state index contributed by atoms with van der Waals surface area (Å²) in [7, 11) is -2.87. The van der Waals surface area contributed by atoms with Gasteiger partial charge >= 0.3 is 0 Å². The third-order valence-corrected chi connectivity index (χ3v) is 5.10. The molecular formula is C11H19N3O2S. The molecule has 0 radical (unpaired) electrons. The van der Waals surface area contributed by atoms with E-state index in [4.69, 9.17) is 5.73 Å². The van der Waals surface area contributed by atoms with Crippen LogP contribution in [0.4, 0.5) is 0 Å². The molecule has 96 valence electrons. The minimum Gasteiger partial charge on any atom is -0.324 e. The van der Waals surface area contributed by atoms with Gasteiger partial charge in [0.05, 0.1) is 17.7 Å². The van der Waals surface area contributed by atoms with E-state index in [1.807, 2.05) is 24.7 Å². The second-order valence-corrected chi connectivity index (χ2v) is 7.27. The smallest absolute Gasteiger partial charge is 0.150 e. The fourth-order valence-electron chi connectivity index (χ4n) is 2.19. The molecule has 5 nitrogen and oxygen atoms in total. The van der Waals surface area contributed by atoms with Crippen LogP contribution in [0.15, 0.2) is 12.4 Å². The maximum absolute atomic E-state index is 11.4. The summed E-state index contributed by atoms with van der Waals surface area (Å²) in [5.74, 6) is 0.509. The molecule has 0 bridgehead atoms. The molecule has 2 heterocycles. The second kappa shape index (κ2) is 4.42. The Balaban J connectivity index is 2.12. The van der Waals surface area contributed by atoms with E-state index < -0.39 is 9.84 Å². The Morgan fingerprint density at radius 2 is 2.24 bits per heavy atom. The number of sulfone groups is 1. The quantitative estimate of drug-likeness (QED) is 0.872. The van der Waals surface area contributed by atoms with Crippen molar-refractivity contribution in [2.24, 2.45) is 11.7 Å². The summed E-state index contributed by atoms with van der Waals surface area (Å²) in [5, 5.41) is 4.23. The van der Waals surface area contributed by atoms with Gasteiger partial charge in [0.2, 0.25) is 0 Å². The first-order chi connectivity index (χ1) is 7.89. The van der Waals surface area contributed by atoms with E-state index in [1.54, 1.807) is 6.20 Å². The molecule has 1 aliphatic rings. The molecule has 1 fully saturated rings. The topological polar surface area (TPSA) is 78.0 Å². The van der Waals surface area contributed by atoms with Crippen molar-refractivity contribution in [1.82, 2.24) is 9.78 Å². The van der Waals surface area contributed by atoms with Gasteiger partial charge in [0.1, 0.15) is 0 Å². The monoisotopic (exact) mass is 257 g/mol. The van der Waals surface area contributed by atoms with Crippen LogP contribution in [0.1, 0.15) is 37.9 Å². The summed E-state index contributed by atoms with van der Waals surface area (Å²) in [6.45, 7) is 4.09. The van der Waals surface area contributed by atoms with Crippen molar-refractivity contribution in [2.45, 2.75) is 32.4 Å². The molecule has 2 unspecified atom stereocenters. The molecular weight excluding hydrogens is 238 g/mol. The summed E-state index contributed by atoms with van der Waals surface area (Å²) in [4.78, 5) is 0. The summed E-state index contributed by atoms with van der Waals surface area (Å²) in [6, 6.07) is 0.0723. The van der Waals surface area contributed by atoms with Crippen LogP contribution in [-0.2, 0) is 9.84 Å². The standard InChI is InChI=1S/C11H19N3O2S/c1-8(2)14-6-10(5-13-14)11(12)9-3-4-17(15,16)7-9/h5-6,8-9,11H,3-4,7,12H2,1-2H3. The van der Waals surface area contributed by atoms with Crippen LogP contribution in [0.5, 0.6) is 0 Å². The van der Waals surface area contributed by atoms with Gasteiger partial charge in [-0.2, -0.15) is 5.10 Å². The molecule has 1 aromatic rings. The molecule has 6 heteroatoms. The average Bonchev–Trinajstić information content (AvgIpc) is 2.83. The van der Waals surface area contributed by atoms with Crippen LogP contribution in [0.25, 0.3) is 0 Å². The summed E-state index contributed by atoms with van der Waals surface area (Å²) in [5.41, 5.74) is 7.05. The van der Waals surface area contributed by atoms with E-state index in [2.05, 4.69) is 5.10 Å². The lowest BCUT2D eigenvalue weighted by Crippen LogP contribution is -2.22. The fraction of sp³-hybridized carbons (Fsp3) is 0.727. The van der Waals surface area contributed by atoms with Crippen LogP contribution in [0.2, 0.25) is 0 Å². The van der Waals surface area contributed by atoms with Gasteiger partial charge < -0.3 is 5.73 Å². The van der Waals surface area contributed by atoms with Crippen molar-refractivity contribution in [3.8, 4) is 0 Å². The summed E-state index contributed by atoms with van der Waals surface area (Å²) >= 11 is 0. The zero-order valence-corrected chi connectivity index (χ0v) is 11.0. The van der Waals surface area contributed by atoms with Gasteiger partial charge in [0, 0.05) is 23.8 Å². The molecule has 2 rings (SSSR count). The lowest BCUT2D eigenvalue weighted by atomic mass is 9.96. The SMILES string of the molecule is CC(C)n1cc(C(N)C2CCS(=O)(=O)C2)cn1. The maximum atomic E-state index is 11.4. The first-order valence-electron chi connectivity index (χ1n) is 5.89. The van der Waals surface area contributed by atoms with E-state index >= 15 is 0 Å². The molecule has 2 N–H and O–H groups in total. The summed E-state index contributed by atoms with van der Waals surface area (Å²) < 4.78 is 24.7. The van der Waals surface area contributed by atoms with Crippen LogP contribution in [-0.4, -0.2) is 29.7 Å². The lowest BCUT2D eigenvalue weighted by molar-refractivity contribution is 0.477. The van der Waals surface area contributed by atoms with Gasteiger partial charge in [-0.1, -0.05) is 0 Å². The first kappa shape index (κ1) is 12.6. The minimum atomic E-state index is -2.87. The first-order valence-corrected chi connectivity index (χ1v) is 7.71. The number of nitrogens with zero attached hydrogens (tertiary/aromatic N) is 2. The Morgan fingerprint density at radius 1 is 1.53 bits per heavy atom. The van der Waals surface area contributed by atoms with E-state index in [0.29, 0.717) is 12.5 Å². The van der Waals surface area contributed by atoms with Crippen molar-refractivity contribution in [1.29, 1.82) is 0 Å². The zero-order valence-electron chi connectivity index (χ0n) is 10.2. The Kier molecular flexibility index (Phi) is 3.27. The molecule has 0 aromatic carbocycles. The lowest BCUT2D eigenvalue weighted by Gasteiger charge is -2.15. The van der Waals surface area contributed by atoms with Gasteiger partial charge in [-0.25, -0.2) is 8.42 Å². The zero-order chi connectivity index (χ0) is 12.6. The summed E-state index contributed by atoms with van der Waals surface area (Å²) in [6.07, 6.45) is 4.33. The van der Waals surface area contributed by atoms with Crippen LogP contribution in [0, 0.1) is 5.92 Å². The number of hydrogen-bond donors (Lipinski definition) is 1. The highest BCUT2D eigenvalue weighted by molar-refractivity contribution is 7.91. The number of rotatable bonds is 3. The molecule has 0 spiro atoms. The molecule has 1 aromatic heterocycles. The number of hydrogen-bond acceptors (Lipinski definition) is 4. The minimum absolute atomic E-state index is 0.0322. The van der Waals surface area contributed by atoms with Crippen LogP contribution < -0.4 is 5.73 Å². The predicted molar refractivity (Wildman–Crippen MR) is 66.3 cm³/mol. The third-order valence-electron chi connectivity index (χ3n) is 3.31. The van der Waals surface area contributed by atoms with Gasteiger partial charge in [-0.3, -0.25) is 4.68 Å². The highest BCUT2D eigenvalue weighted by atomic mass is 32.2.